The van der Waals surface area contributed by atoms with Crippen LogP contribution in [0.2, 0.25) is 0 Å². The lowest BCUT2D eigenvalue weighted by Gasteiger charge is -2.28. The van der Waals surface area contributed by atoms with Crippen molar-refractivity contribution >= 4 is 21.6 Å². The Hall–Kier alpha value is -0.980. The van der Waals surface area contributed by atoms with E-state index in [9.17, 15) is 15.2 Å². The van der Waals surface area contributed by atoms with Gasteiger partial charge in [-0.15, -0.1) is 0 Å². The molecule has 1 aliphatic carbocycles. The molecule has 0 radical (unpaired) electrons. The van der Waals surface area contributed by atoms with Gasteiger partial charge in [-0.1, -0.05) is 28.8 Å². The van der Waals surface area contributed by atoms with Gasteiger partial charge in [-0.2, -0.15) is 0 Å². The third-order valence-corrected chi connectivity index (χ3v) is 4.25. The topological polar surface area (TPSA) is 75.4 Å². The van der Waals surface area contributed by atoms with E-state index in [2.05, 4.69) is 21.2 Å². The summed E-state index contributed by atoms with van der Waals surface area (Å²) in [5.41, 5.74) is 0.483. The molecule has 1 aliphatic rings. The Morgan fingerprint density at radius 1 is 1.42 bits per heavy atom. The molecule has 6 heteroatoms. The maximum atomic E-state index is 11.0. The summed E-state index contributed by atoms with van der Waals surface area (Å²) in [5.74, 6) is 0. The van der Waals surface area contributed by atoms with Gasteiger partial charge in [0, 0.05) is 28.2 Å². The molecule has 1 aromatic rings. The minimum absolute atomic E-state index is 0.0782. The summed E-state index contributed by atoms with van der Waals surface area (Å²) in [6, 6.07) is 4.92. The molecule has 0 aliphatic heterocycles. The summed E-state index contributed by atoms with van der Waals surface area (Å²) in [6.45, 7) is 0.477. The van der Waals surface area contributed by atoms with E-state index in [0.29, 0.717) is 12.1 Å². The molecule has 2 N–H and O–H groups in total. The number of hydrogen-bond acceptors (Lipinski definition) is 4. The fourth-order valence-electron chi connectivity index (χ4n) is 2.60. The van der Waals surface area contributed by atoms with Gasteiger partial charge in [0.25, 0.3) is 5.69 Å². The Morgan fingerprint density at radius 3 is 2.68 bits per heavy atom. The first-order valence-electron chi connectivity index (χ1n) is 6.35. The van der Waals surface area contributed by atoms with Gasteiger partial charge in [0.15, 0.2) is 0 Å². The van der Waals surface area contributed by atoms with E-state index in [1.54, 1.807) is 12.1 Å². The first-order chi connectivity index (χ1) is 9.06. The summed E-state index contributed by atoms with van der Waals surface area (Å²) in [6.07, 6.45) is 4.03. The van der Waals surface area contributed by atoms with Crippen molar-refractivity contribution in [1.29, 1.82) is 0 Å². The lowest BCUT2D eigenvalue weighted by Crippen LogP contribution is -2.45. The van der Waals surface area contributed by atoms with Crippen LogP contribution in [0.25, 0.3) is 0 Å². The molecule has 5 nitrogen and oxygen atoms in total. The van der Waals surface area contributed by atoms with Crippen LogP contribution in [0.4, 0.5) is 5.69 Å². The van der Waals surface area contributed by atoms with Crippen LogP contribution in [-0.2, 0) is 6.54 Å². The number of nitro groups is 1. The van der Waals surface area contributed by atoms with E-state index in [1.807, 2.05) is 0 Å². The molecule has 0 aromatic heterocycles. The highest BCUT2D eigenvalue weighted by atomic mass is 79.9. The molecule has 2 rings (SSSR count). The molecule has 1 fully saturated rings. The van der Waals surface area contributed by atoms with Crippen molar-refractivity contribution < 1.29 is 10.0 Å². The van der Waals surface area contributed by atoms with Crippen LogP contribution in [0.3, 0.4) is 0 Å². The van der Waals surface area contributed by atoms with Gasteiger partial charge in [-0.25, -0.2) is 0 Å². The number of nitro benzene ring substituents is 1. The van der Waals surface area contributed by atoms with Crippen molar-refractivity contribution in [1.82, 2.24) is 5.32 Å². The molecule has 19 heavy (non-hydrogen) atoms. The molecule has 104 valence electrons. The normalized spacial score (nSPS) is 17.6. The number of benzene rings is 1. The van der Waals surface area contributed by atoms with E-state index in [-0.39, 0.29) is 22.8 Å². The van der Waals surface area contributed by atoms with Crippen LogP contribution in [0, 0.1) is 10.1 Å². The van der Waals surface area contributed by atoms with Crippen LogP contribution in [0.5, 0.6) is 0 Å². The monoisotopic (exact) mass is 328 g/mol. The Balaban J connectivity index is 2.14. The van der Waals surface area contributed by atoms with E-state index in [1.165, 1.54) is 6.07 Å². The van der Waals surface area contributed by atoms with Crippen LogP contribution in [0.15, 0.2) is 22.7 Å². The van der Waals surface area contributed by atoms with E-state index in [0.717, 1.165) is 30.2 Å². The second-order valence-corrected chi connectivity index (χ2v) is 5.94. The second kappa shape index (κ2) is 5.98. The first-order valence-corrected chi connectivity index (χ1v) is 7.14. The van der Waals surface area contributed by atoms with Crippen LogP contribution in [-0.4, -0.2) is 22.2 Å². The molecule has 0 unspecified atom stereocenters. The van der Waals surface area contributed by atoms with Crippen molar-refractivity contribution in [3.05, 3.63) is 38.3 Å². The highest BCUT2D eigenvalue weighted by Gasteiger charge is 2.32. The van der Waals surface area contributed by atoms with E-state index >= 15 is 0 Å². The van der Waals surface area contributed by atoms with Gasteiger partial charge < -0.3 is 10.4 Å². The van der Waals surface area contributed by atoms with Gasteiger partial charge in [0.2, 0.25) is 0 Å². The second-order valence-electron chi connectivity index (χ2n) is 5.03. The molecule has 0 heterocycles. The quantitative estimate of drug-likeness (QED) is 0.643. The van der Waals surface area contributed by atoms with Crippen LogP contribution < -0.4 is 5.32 Å². The predicted molar refractivity (Wildman–Crippen MR) is 75.9 cm³/mol. The SMILES string of the molecule is O=[N+]([O-])c1ccc(Br)cc1CNC1(CO)CCCC1. The van der Waals surface area contributed by atoms with Gasteiger partial charge in [0.05, 0.1) is 11.5 Å². The maximum Gasteiger partial charge on any atom is 0.273 e. The Kier molecular flexibility index (Phi) is 4.54. The van der Waals surface area contributed by atoms with Crippen LogP contribution >= 0.6 is 15.9 Å². The average Bonchev–Trinajstić information content (AvgIpc) is 2.85. The number of hydrogen-bond donors (Lipinski definition) is 2. The number of rotatable bonds is 5. The van der Waals surface area contributed by atoms with E-state index in [4.69, 9.17) is 0 Å². The minimum Gasteiger partial charge on any atom is -0.394 e. The predicted octanol–water partition coefficient (Wildman–Crippen LogP) is 2.75. The number of halogens is 1. The maximum absolute atomic E-state index is 11.0. The van der Waals surface area contributed by atoms with Crippen molar-refractivity contribution in [2.75, 3.05) is 6.61 Å². The highest BCUT2D eigenvalue weighted by molar-refractivity contribution is 9.10. The molecular weight excluding hydrogens is 312 g/mol. The molecule has 0 saturated heterocycles. The zero-order valence-corrected chi connectivity index (χ0v) is 12.1. The largest absolute Gasteiger partial charge is 0.394 e. The van der Waals surface area contributed by atoms with Gasteiger partial charge in [-0.3, -0.25) is 10.1 Å². The third-order valence-electron chi connectivity index (χ3n) is 3.76. The van der Waals surface area contributed by atoms with Crippen molar-refractivity contribution in [2.24, 2.45) is 0 Å². The lowest BCUT2D eigenvalue weighted by atomic mass is 9.98. The fraction of sp³-hybridized carbons (Fsp3) is 0.538. The van der Waals surface area contributed by atoms with Crippen molar-refractivity contribution in [2.45, 2.75) is 37.8 Å². The molecule has 0 amide bonds. The Labute approximate surface area is 120 Å². The van der Waals surface area contributed by atoms with Crippen LogP contribution in [0.1, 0.15) is 31.2 Å². The molecule has 0 spiro atoms. The number of nitrogens with one attached hydrogen (secondary N) is 1. The van der Waals surface area contributed by atoms with E-state index < -0.39 is 0 Å². The first kappa shape index (κ1) is 14.4. The average molecular weight is 329 g/mol. The molecule has 0 atom stereocenters. The number of aliphatic hydroxyl groups is 1. The zero-order chi connectivity index (χ0) is 13.9. The number of aliphatic hydroxyl groups excluding tert-OH is 1. The lowest BCUT2D eigenvalue weighted by molar-refractivity contribution is -0.385. The summed E-state index contributed by atoms with van der Waals surface area (Å²) >= 11 is 3.33. The Bertz CT molecular complexity index is 473. The molecular formula is C13H17BrN2O3. The summed E-state index contributed by atoms with van der Waals surface area (Å²) in [7, 11) is 0. The third kappa shape index (κ3) is 3.32. The highest BCUT2D eigenvalue weighted by Crippen LogP contribution is 2.30. The smallest absolute Gasteiger partial charge is 0.273 e. The summed E-state index contributed by atoms with van der Waals surface area (Å²) < 4.78 is 0.819. The van der Waals surface area contributed by atoms with Crippen molar-refractivity contribution in [3.63, 3.8) is 0 Å². The van der Waals surface area contributed by atoms with Gasteiger partial charge in [-0.05, 0) is 25.0 Å². The summed E-state index contributed by atoms with van der Waals surface area (Å²) in [4.78, 5) is 10.6. The van der Waals surface area contributed by atoms with Gasteiger partial charge >= 0.3 is 0 Å². The standard InChI is InChI=1S/C13H17BrN2O3/c14-11-3-4-12(16(18)19)10(7-11)8-15-13(9-17)5-1-2-6-13/h3-4,7,15,17H,1-2,5-6,8-9H2. The molecule has 1 saturated carbocycles. The molecule has 1 aromatic carbocycles. The van der Waals surface area contributed by atoms with Crippen molar-refractivity contribution in [3.8, 4) is 0 Å². The molecule has 0 bridgehead atoms. The summed E-state index contributed by atoms with van der Waals surface area (Å²) in [5, 5.41) is 23.8. The zero-order valence-electron chi connectivity index (χ0n) is 10.6. The minimum atomic E-state index is -0.371. The van der Waals surface area contributed by atoms with Gasteiger partial charge in [0.1, 0.15) is 0 Å². The fourth-order valence-corrected chi connectivity index (χ4v) is 3.01. The Morgan fingerprint density at radius 2 is 2.11 bits per heavy atom. The number of nitrogens with zero attached hydrogens (tertiary/aromatic N) is 1.